The number of nitrogens with two attached hydrogens (primary N) is 1. The lowest BCUT2D eigenvalue weighted by molar-refractivity contribution is -0.148. The van der Waals surface area contributed by atoms with Crippen molar-refractivity contribution in [3.8, 4) is 0 Å². The van der Waals surface area contributed by atoms with Crippen LogP contribution < -0.4 is 11.1 Å². The largest absolute Gasteiger partial charge is 0.459 e. The molecule has 138 valence electrons. The normalized spacial score (nSPS) is 14.1. The van der Waals surface area contributed by atoms with Gasteiger partial charge in [-0.15, -0.1) is 0 Å². The van der Waals surface area contributed by atoms with E-state index in [1.165, 1.54) is 0 Å². The average Bonchev–Trinajstić information content (AvgIpc) is 2.84. The molecule has 1 heterocycles. The molecule has 0 saturated carbocycles. The van der Waals surface area contributed by atoms with E-state index in [-0.39, 0.29) is 18.9 Å². The van der Waals surface area contributed by atoms with E-state index in [9.17, 15) is 9.59 Å². The Labute approximate surface area is 157 Å². The molecule has 0 fully saturated rings. The maximum Gasteiger partial charge on any atom is 0.328 e. The highest BCUT2D eigenvalue weighted by molar-refractivity contribution is 6.06. The Morgan fingerprint density at radius 3 is 2.63 bits per heavy atom. The average molecular weight is 363 g/mol. The number of aliphatic imine (C=N–C) groups is 1. The number of hydrogen-bond acceptors (Lipinski definition) is 5. The number of nitrogens with one attached hydrogen (secondary N) is 1. The summed E-state index contributed by atoms with van der Waals surface area (Å²) in [5.74, 6) is -0.516. The Hall–Kier alpha value is -3.41. The number of para-hydroxylation sites is 1. The molecule has 1 unspecified atom stereocenters. The number of amides is 1. The lowest BCUT2D eigenvalue weighted by Gasteiger charge is -2.14. The van der Waals surface area contributed by atoms with Crippen LogP contribution in [-0.4, -0.2) is 23.8 Å². The van der Waals surface area contributed by atoms with E-state index < -0.39 is 12.0 Å². The molecule has 1 aliphatic rings. The van der Waals surface area contributed by atoms with Crippen LogP contribution in [0.15, 0.2) is 65.2 Å². The highest BCUT2D eigenvalue weighted by Gasteiger charge is 2.21. The van der Waals surface area contributed by atoms with Gasteiger partial charge >= 0.3 is 5.97 Å². The monoisotopic (exact) mass is 363 g/mol. The van der Waals surface area contributed by atoms with E-state index in [1.807, 2.05) is 54.6 Å². The van der Waals surface area contributed by atoms with Crippen LogP contribution in [0.5, 0.6) is 0 Å². The molecular formula is C21H21N3O3. The van der Waals surface area contributed by atoms with Crippen molar-refractivity contribution < 1.29 is 14.3 Å². The number of amidine groups is 1. The van der Waals surface area contributed by atoms with Crippen molar-refractivity contribution in [3.63, 3.8) is 0 Å². The van der Waals surface area contributed by atoms with Gasteiger partial charge in [-0.25, -0.2) is 9.79 Å². The molecule has 1 aliphatic heterocycles. The van der Waals surface area contributed by atoms with Gasteiger partial charge < -0.3 is 15.8 Å². The van der Waals surface area contributed by atoms with E-state index in [4.69, 9.17) is 10.5 Å². The molecule has 1 amide bonds. The maximum atomic E-state index is 12.6. The minimum atomic E-state index is -0.779. The minimum absolute atomic E-state index is 0.162. The van der Waals surface area contributed by atoms with Crippen molar-refractivity contribution in [2.24, 2.45) is 10.7 Å². The van der Waals surface area contributed by atoms with Crippen molar-refractivity contribution in [3.05, 3.63) is 71.3 Å². The van der Waals surface area contributed by atoms with Gasteiger partial charge in [0.25, 0.3) is 0 Å². The van der Waals surface area contributed by atoms with Gasteiger partial charge in [0.05, 0.1) is 5.69 Å². The smallest absolute Gasteiger partial charge is 0.328 e. The number of carbonyl (C=O) groups excluding carboxylic acids is 2. The number of rotatable bonds is 5. The second-order valence-corrected chi connectivity index (χ2v) is 6.30. The van der Waals surface area contributed by atoms with Crippen LogP contribution in [0, 0.1) is 0 Å². The lowest BCUT2D eigenvalue weighted by atomic mass is 10.1. The Balaban J connectivity index is 1.63. The van der Waals surface area contributed by atoms with Gasteiger partial charge in [0.15, 0.2) is 0 Å². The number of benzene rings is 2. The third kappa shape index (κ3) is 4.82. The summed E-state index contributed by atoms with van der Waals surface area (Å²) < 4.78 is 5.26. The number of ether oxygens (including phenoxy) is 1. The summed E-state index contributed by atoms with van der Waals surface area (Å²) in [6.07, 6.45) is 1.96. The standard InChI is InChI=1S/C21H21N3O3/c1-14(21(26)27-13-15-7-3-2-4-8-15)23-20(25)17-11-16-9-5-6-10-18(16)24-19(22)12-17/h2-11,14H,12-13H2,1H3,(H2,22,24)(H,23,25). The second kappa shape index (κ2) is 8.31. The summed E-state index contributed by atoms with van der Waals surface area (Å²) in [6.45, 7) is 1.75. The molecule has 3 rings (SSSR count). The number of esters is 1. The zero-order valence-corrected chi connectivity index (χ0v) is 15.0. The van der Waals surface area contributed by atoms with Gasteiger partial charge in [-0.2, -0.15) is 0 Å². The first kappa shape index (κ1) is 18.4. The molecule has 0 saturated heterocycles. The first-order valence-electron chi connectivity index (χ1n) is 8.67. The fourth-order valence-corrected chi connectivity index (χ4v) is 2.69. The van der Waals surface area contributed by atoms with E-state index in [0.29, 0.717) is 17.1 Å². The molecule has 1 atom stereocenters. The van der Waals surface area contributed by atoms with Crippen molar-refractivity contribution in [1.82, 2.24) is 5.32 Å². The Morgan fingerprint density at radius 2 is 1.85 bits per heavy atom. The quantitative estimate of drug-likeness (QED) is 0.799. The highest BCUT2D eigenvalue weighted by Crippen LogP contribution is 2.25. The maximum absolute atomic E-state index is 12.6. The van der Waals surface area contributed by atoms with Crippen LogP contribution in [-0.2, 0) is 20.9 Å². The van der Waals surface area contributed by atoms with Crippen LogP contribution in [0.2, 0.25) is 0 Å². The third-order valence-corrected chi connectivity index (χ3v) is 4.12. The molecule has 6 nitrogen and oxygen atoms in total. The molecule has 0 aromatic heterocycles. The van der Waals surface area contributed by atoms with Crippen LogP contribution in [0.1, 0.15) is 24.5 Å². The predicted octanol–water partition coefficient (Wildman–Crippen LogP) is 2.71. The summed E-state index contributed by atoms with van der Waals surface area (Å²) in [5, 5.41) is 2.67. The molecule has 2 aromatic rings. The zero-order chi connectivity index (χ0) is 19.2. The summed E-state index contributed by atoms with van der Waals surface area (Å²) in [5.41, 5.74) is 8.78. The van der Waals surface area contributed by atoms with Gasteiger partial charge in [0.1, 0.15) is 18.5 Å². The van der Waals surface area contributed by atoms with Crippen molar-refractivity contribution in [1.29, 1.82) is 0 Å². The molecule has 0 aliphatic carbocycles. The van der Waals surface area contributed by atoms with Gasteiger partial charge in [-0.3, -0.25) is 4.79 Å². The molecule has 0 bridgehead atoms. The second-order valence-electron chi connectivity index (χ2n) is 6.30. The number of hydrogen-bond donors (Lipinski definition) is 2. The summed E-state index contributed by atoms with van der Waals surface area (Å²) in [7, 11) is 0. The lowest BCUT2D eigenvalue weighted by Crippen LogP contribution is -2.40. The van der Waals surface area contributed by atoms with Crippen molar-refractivity contribution in [2.45, 2.75) is 26.0 Å². The first-order valence-corrected chi connectivity index (χ1v) is 8.67. The molecular weight excluding hydrogens is 342 g/mol. The topological polar surface area (TPSA) is 93.8 Å². The number of fused-ring (bicyclic) bond motifs is 1. The van der Waals surface area contributed by atoms with Gasteiger partial charge in [-0.05, 0) is 24.6 Å². The van der Waals surface area contributed by atoms with E-state index in [2.05, 4.69) is 10.3 Å². The predicted molar refractivity (Wildman–Crippen MR) is 104 cm³/mol. The molecule has 0 radical (unpaired) electrons. The SMILES string of the molecule is CC(NC(=O)C1=Cc2ccccc2N=C(N)C1)C(=O)OCc1ccccc1. The zero-order valence-electron chi connectivity index (χ0n) is 15.0. The van der Waals surface area contributed by atoms with E-state index >= 15 is 0 Å². The van der Waals surface area contributed by atoms with Crippen LogP contribution >= 0.6 is 0 Å². The summed E-state index contributed by atoms with van der Waals surface area (Å²) >= 11 is 0. The molecule has 2 aromatic carbocycles. The minimum Gasteiger partial charge on any atom is -0.459 e. The van der Waals surface area contributed by atoms with E-state index in [1.54, 1.807) is 13.0 Å². The highest BCUT2D eigenvalue weighted by atomic mass is 16.5. The Bertz CT molecular complexity index is 904. The first-order chi connectivity index (χ1) is 13.0. The molecule has 0 spiro atoms. The summed E-state index contributed by atoms with van der Waals surface area (Å²) in [4.78, 5) is 29.1. The third-order valence-electron chi connectivity index (χ3n) is 4.12. The number of nitrogens with zero attached hydrogens (tertiary/aromatic N) is 1. The fraction of sp³-hybridized carbons (Fsp3) is 0.190. The van der Waals surface area contributed by atoms with E-state index in [0.717, 1.165) is 11.1 Å². The fourth-order valence-electron chi connectivity index (χ4n) is 2.69. The van der Waals surface area contributed by atoms with Crippen LogP contribution in [0.25, 0.3) is 6.08 Å². The van der Waals surface area contributed by atoms with Gasteiger partial charge in [0, 0.05) is 17.6 Å². The summed E-state index contributed by atoms with van der Waals surface area (Å²) in [6, 6.07) is 16.0. The van der Waals surface area contributed by atoms with Crippen molar-refractivity contribution >= 4 is 29.5 Å². The number of carbonyl (C=O) groups is 2. The molecule has 27 heavy (non-hydrogen) atoms. The van der Waals surface area contributed by atoms with Crippen molar-refractivity contribution in [2.75, 3.05) is 0 Å². The van der Waals surface area contributed by atoms with Gasteiger partial charge in [-0.1, -0.05) is 48.5 Å². The molecule has 3 N–H and O–H groups in total. The Morgan fingerprint density at radius 1 is 1.15 bits per heavy atom. The molecule has 6 heteroatoms. The Kier molecular flexibility index (Phi) is 5.66. The van der Waals surface area contributed by atoms with Crippen LogP contribution in [0.3, 0.4) is 0 Å². The van der Waals surface area contributed by atoms with Gasteiger partial charge in [0.2, 0.25) is 5.91 Å². The van der Waals surface area contributed by atoms with Crippen LogP contribution in [0.4, 0.5) is 5.69 Å².